The van der Waals surface area contributed by atoms with Crippen LogP contribution in [0.4, 0.5) is 0 Å². The van der Waals surface area contributed by atoms with E-state index in [0.29, 0.717) is 5.92 Å². The maximum Gasteiger partial charge on any atom is 0.122 e. The van der Waals surface area contributed by atoms with Gasteiger partial charge in [-0.2, -0.15) is 0 Å². The fourth-order valence-corrected chi connectivity index (χ4v) is 2.02. The second-order valence-corrected chi connectivity index (χ2v) is 4.93. The van der Waals surface area contributed by atoms with E-state index < -0.39 is 0 Å². The van der Waals surface area contributed by atoms with Gasteiger partial charge in [0.2, 0.25) is 0 Å². The molecule has 19 heavy (non-hydrogen) atoms. The molecule has 4 heteroatoms. The molecule has 1 aromatic rings. The van der Waals surface area contributed by atoms with Crippen LogP contribution < -0.4 is 15.2 Å². The van der Waals surface area contributed by atoms with Crippen LogP contribution in [0.25, 0.3) is 0 Å². The van der Waals surface area contributed by atoms with Gasteiger partial charge in [0.1, 0.15) is 11.5 Å². The molecule has 0 saturated carbocycles. The predicted molar refractivity (Wildman–Crippen MR) is 82.9 cm³/mol. The lowest BCUT2D eigenvalue weighted by Gasteiger charge is -2.18. The molecular formula is C15H26ClNO2. The van der Waals surface area contributed by atoms with E-state index in [4.69, 9.17) is 15.2 Å². The van der Waals surface area contributed by atoms with Crippen molar-refractivity contribution < 1.29 is 9.47 Å². The Balaban J connectivity index is 0.00000324. The van der Waals surface area contributed by atoms with Gasteiger partial charge in [0, 0.05) is 11.6 Å². The van der Waals surface area contributed by atoms with Crippen molar-refractivity contribution >= 4 is 12.4 Å². The average Bonchev–Trinajstić information content (AvgIpc) is 2.37. The highest BCUT2D eigenvalue weighted by Crippen LogP contribution is 2.34. The lowest BCUT2D eigenvalue weighted by atomic mass is 9.96. The molecule has 0 aliphatic carbocycles. The molecule has 0 amide bonds. The van der Waals surface area contributed by atoms with E-state index >= 15 is 0 Å². The van der Waals surface area contributed by atoms with Gasteiger partial charge in [0.15, 0.2) is 0 Å². The van der Waals surface area contributed by atoms with E-state index in [1.54, 1.807) is 14.2 Å². The normalized spacial score (nSPS) is 11.9. The van der Waals surface area contributed by atoms with E-state index in [1.165, 1.54) is 5.56 Å². The van der Waals surface area contributed by atoms with Crippen molar-refractivity contribution in [1.82, 2.24) is 0 Å². The Kier molecular flexibility index (Phi) is 7.88. The highest BCUT2D eigenvalue weighted by Gasteiger charge is 2.15. The van der Waals surface area contributed by atoms with Crippen LogP contribution in [0.3, 0.4) is 0 Å². The molecule has 1 atom stereocenters. The fourth-order valence-electron chi connectivity index (χ4n) is 2.02. The largest absolute Gasteiger partial charge is 0.496 e. The summed E-state index contributed by atoms with van der Waals surface area (Å²) in [5, 5.41) is 0. The summed E-state index contributed by atoms with van der Waals surface area (Å²) in [7, 11) is 3.41. The average molecular weight is 288 g/mol. The van der Waals surface area contributed by atoms with E-state index in [2.05, 4.69) is 32.9 Å². The maximum atomic E-state index is 6.02. The van der Waals surface area contributed by atoms with Crippen LogP contribution in [0, 0.1) is 0 Å². The van der Waals surface area contributed by atoms with Gasteiger partial charge < -0.3 is 15.2 Å². The molecule has 0 unspecified atom stereocenters. The smallest absolute Gasteiger partial charge is 0.122 e. The van der Waals surface area contributed by atoms with Crippen molar-refractivity contribution in [2.75, 3.05) is 14.2 Å². The van der Waals surface area contributed by atoms with Gasteiger partial charge in [-0.3, -0.25) is 0 Å². The Bertz CT molecular complexity index is 394. The lowest BCUT2D eigenvalue weighted by Crippen LogP contribution is -2.21. The Morgan fingerprint density at radius 2 is 1.68 bits per heavy atom. The SMILES string of the molecule is CC[C@@H](N)Cc1cc(OC)c(C(C)C)cc1OC.Cl. The van der Waals surface area contributed by atoms with Gasteiger partial charge in [0.05, 0.1) is 14.2 Å². The molecule has 110 valence electrons. The second kappa shape index (κ2) is 8.28. The first-order valence-corrected chi connectivity index (χ1v) is 6.53. The summed E-state index contributed by atoms with van der Waals surface area (Å²) in [4.78, 5) is 0. The Morgan fingerprint density at radius 1 is 1.11 bits per heavy atom. The fraction of sp³-hybridized carbons (Fsp3) is 0.600. The van der Waals surface area contributed by atoms with Crippen LogP contribution in [0.5, 0.6) is 11.5 Å². The van der Waals surface area contributed by atoms with Crippen molar-refractivity contribution in [2.45, 2.75) is 45.6 Å². The topological polar surface area (TPSA) is 44.5 Å². The Hall–Kier alpha value is -0.930. The van der Waals surface area contributed by atoms with Crippen LogP contribution in [0.2, 0.25) is 0 Å². The van der Waals surface area contributed by atoms with Crippen LogP contribution in [0.15, 0.2) is 12.1 Å². The first-order chi connectivity index (χ1) is 8.53. The van der Waals surface area contributed by atoms with Gasteiger partial charge in [-0.15, -0.1) is 12.4 Å². The molecule has 0 spiro atoms. The van der Waals surface area contributed by atoms with Crippen molar-refractivity contribution in [3.63, 3.8) is 0 Å². The van der Waals surface area contributed by atoms with Crippen LogP contribution >= 0.6 is 12.4 Å². The zero-order valence-electron chi connectivity index (χ0n) is 12.5. The van der Waals surface area contributed by atoms with Crippen LogP contribution in [-0.2, 0) is 6.42 Å². The van der Waals surface area contributed by atoms with E-state index in [-0.39, 0.29) is 18.4 Å². The number of hydrogen-bond donors (Lipinski definition) is 1. The van der Waals surface area contributed by atoms with Crippen LogP contribution in [0.1, 0.15) is 44.2 Å². The third-order valence-corrected chi connectivity index (χ3v) is 3.26. The second-order valence-electron chi connectivity index (χ2n) is 4.93. The molecule has 1 aromatic carbocycles. The van der Waals surface area contributed by atoms with Crippen molar-refractivity contribution in [1.29, 1.82) is 0 Å². The van der Waals surface area contributed by atoms with Crippen molar-refractivity contribution in [3.8, 4) is 11.5 Å². The number of hydrogen-bond acceptors (Lipinski definition) is 3. The molecular weight excluding hydrogens is 262 g/mol. The zero-order valence-corrected chi connectivity index (χ0v) is 13.3. The minimum absolute atomic E-state index is 0. The van der Waals surface area contributed by atoms with Gasteiger partial charge in [-0.05, 0) is 36.5 Å². The summed E-state index contributed by atoms with van der Waals surface area (Å²) in [6, 6.07) is 4.29. The summed E-state index contributed by atoms with van der Waals surface area (Å²) >= 11 is 0. The standard InChI is InChI=1S/C15H25NO2.ClH/c1-6-12(16)7-11-8-15(18-5)13(10(2)3)9-14(11)17-4;/h8-10,12H,6-7,16H2,1-5H3;1H/t12-;/m1./s1. The molecule has 0 aliphatic heterocycles. The summed E-state index contributed by atoms with van der Waals surface area (Å²) in [6.45, 7) is 6.39. The molecule has 0 heterocycles. The van der Waals surface area contributed by atoms with Gasteiger partial charge in [-0.1, -0.05) is 20.8 Å². The third-order valence-electron chi connectivity index (χ3n) is 3.26. The molecule has 0 aromatic heterocycles. The zero-order chi connectivity index (χ0) is 13.7. The van der Waals surface area contributed by atoms with Crippen LogP contribution in [-0.4, -0.2) is 20.3 Å². The van der Waals surface area contributed by atoms with Gasteiger partial charge >= 0.3 is 0 Å². The van der Waals surface area contributed by atoms with Crippen molar-refractivity contribution in [2.24, 2.45) is 5.73 Å². The Labute approximate surface area is 122 Å². The summed E-state index contributed by atoms with van der Waals surface area (Å²) < 4.78 is 10.9. The predicted octanol–water partition coefficient (Wildman–Crippen LogP) is 3.53. The summed E-state index contributed by atoms with van der Waals surface area (Å²) in [5.41, 5.74) is 8.31. The minimum atomic E-state index is 0. The lowest BCUT2D eigenvalue weighted by molar-refractivity contribution is 0.391. The first-order valence-electron chi connectivity index (χ1n) is 6.53. The van der Waals surface area contributed by atoms with Gasteiger partial charge in [0.25, 0.3) is 0 Å². The van der Waals surface area contributed by atoms with E-state index in [1.807, 2.05) is 0 Å². The monoisotopic (exact) mass is 287 g/mol. The number of ether oxygens (including phenoxy) is 2. The van der Waals surface area contributed by atoms with Crippen molar-refractivity contribution in [3.05, 3.63) is 23.3 Å². The van der Waals surface area contributed by atoms with E-state index in [9.17, 15) is 0 Å². The number of methoxy groups -OCH3 is 2. The molecule has 0 bridgehead atoms. The summed E-state index contributed by atoms with van der Waals surface area (Å²) in [5.74, 6) is 2.23. The van der Waals surface area contributed by atoms with E-state index in [0.717, 1.165) is 29.9 Å². The quantitative estimate of drug-likeness (QED) is 0.870. The molecule has 0 aliphatic rings. The third kappa shape index (κ3) is 4.59. The Morgan fingerprint density at radius 3 is 2.11 bits per heavy atom. The summed E-state index contributed by atoms with van der Waals surface area (Å²) in [6.07, 6.45) is 1.77. The molecule has 0 saturated heterocycles. The molecule has 3 nitrogen and oxygen atoms in total. The number of benzene rings is 1. The first kappa shape index (κ1) is 18.1. The molecule has 0 fully saturated rings. The number of rotatable bonds is 6. The highest BCUT2D eigenvalue weighted by molar-refractivity contribution is 5.85. The molecule has 0 radical (unpaired) electrons. The highest BCUT2D eigenvalue weighted by atomic mass is 35.5. The number of nitrogens with two attached hydrogens (primary N) is 1. The van der Waals surface area contributed by atoms with Gasteiger partial charge in [-0.25, -0.2) is 0 Å². The minimum Gasteiger partial charge on any atom is -0.496 e. The molecule has 1 rings (SSSR count). The molecule has 2 N–H and O–H groups in total. The maximum absolute atomic E-state index is 6.02. The number of halogens is 1.